The van der Waals surface area contributed by atoms with Crippen molar-refractivity contribution in [1.29, 1.82) is 0 Å². The molecule has 0 aromatic heterocycles. The fourth-order valence-electron chi connectivity index (χ4n) is 2.10. The van der Waals surface area contributed by atoms with Crippen LogP contribution in [0.2, 0.25) is 0 Å². The van der Waals surface area contributed by atoms with Crippen LogP contribution in [0.4, 0.5) is 0 Å². The summed E-state index contributed by atoms with van der Waals surface area (Å²) < 4.78 is 11.1. The van der Waals surface area contributed by atoms with E-state index in [1.807, 2.05) is 14.0 Å². The van der Waals surface area contributed by atoms with Crippen molar-refractivity contribution in [2.45, 2.75) is 25.9 Å². The standard InChI is InChI=1S/C19H27BN2O4/c1-15(25-14-19(24)22-11-5-9-20)13-26-17-7-3-6-16(12-17)18(23)8-4-10-21-2/h3,5-7,9,12,15,21H,4,8,10-11,13-14H2,1-2H3,(H,22,24)/b9-5+. The highest BCUT2D eigenvalue weighted by molar-refractivity contribution is 6.17. The van der Waals surface area contributed by atoms with Crippen LogP contribution in [-0.4, -0.2) is 59.0 Å². The van der Waals surface area contributed by atoms with Gasteiger partial charge in [0.05, 0.1) is 6.10 Å². The number of benzene rings is 1. The predicted molar refractivity (Wildman–Crippen MR) is 103 cm³/mol. The van der Waals surface area contributed by atoms with E-state index in [1.54, 1.807) is 30.3 Å². The second kappa shape index (κ2) is 13.1. The zero-order valence-corrected chi connectivity index (χ0v) is 15.5. The van der Waals surface area contributed by atoms with Crippen LogP contribution in [0, 0.1) is 0 Å². The number of carbonyl (C=O) groups excluding carboxylic acids is 2. The summed E-state index contributed by atoms with van der Waals surface area (Å²) >= 11 is 0. The number of nitrogens with one attached hydrogen (secondary N) is 2. The normalized spacial score (nSPS) is 12.1. The van der Waals surface area contributed by atoms with Crippen LogP contribution in [-0.2, 0) is 9.53 Å². The van der Waals surface area contributed by atoms with Crippen LogP contribution in [0.5, 0.6) is 5.75 Å². The van der Waals surface area contributed by atoms with Crippen LogP contribution >= 0.6 is 0 Å². The summed E-state index contributed by atoms with van der Waals surface area (Å²) in [6.07, 6.45) is 2.67. The molecule has 0 aliphatic heterocycles. The molecule has 1 atom stereocenters. The third-order valence-corrected chi connectivity index (χ3v) is 3.52. The van der Waals surface area contributed by atoms with Crippen molar-refractivity contribution >= 4 is 19.5 Å². The Bertz CT molecular complexity index is 593. The maximum atomic E-state index is 12.1. The van der Waals surface area contributed by atoms with Gasteiger partial charge in [-0.05, 0) is 39.1 Å². The van der Waals surface area contributed by atoms with E-state index in [0.717, 1.165) is 13.0 Å². The van der Waals surface area contributed by atoms with Gasteiger partial charge in [-0.2, -0.15) is 0 Å². The Morgan fingerprint density at radius 2 is 2.15 bits per heavy atom. The molecule has 0 saturated heterocycles. The molecule has 0 saturated carbocycles. The number of hydrogen-bond acceptors (Lipinski definition) is 5. The van der Waals surface area contributed by atoms with Gasteiger partial charge < -0.3 is 20.1 Å². The lowest BCUT2D eigenvalue weighted by atomic mass is 10.1. The Kier molecular flexibility index (Phi) is 11.1. The molecular formula is C19H27BN2O4. The second-order valence-corrected chi connectivity index (χ2v) is 5.82. The maximum absolute atomic E-state index is 12.1. The van der Waals surface area contributed by atoms with E-state index in [2.05, 4.69) is 10.6 Å². The molecule has 0 bridgehead atoms. The highest BCUT2D eigenvalue weighted by atomic mass is 16.5. The first-order valence-corrected chi connectivity index (χ1v) is 8.72. The predicted octanol–water partition coefficient (Wildman–Crippen LogP) is 1.45. The number of Topliss-reactive ketones (excluding diaryl/α,β-unsaturated/α-hetero) is 1. The van der Waals surface area contributed by atoms with Crippen LogP contribution < -0.4 is 15.4 Å². The number of ketones is 1. The van der Waals surface area contributed by atoms with E-state index in [4.69, 9.17) is 17.3 Å². The van der Waals surface area contributed by atoms with Gasteiger partial charge in [-0.3, -0.25) is 9.59 Å². The van der Waals surface area contributed by atoms with Crippen LogP contribution in [0.3, 0.4) is 0 Å². The van der Waals surface area contributed by atoms with Gasteiger partial charge in [0.15, 0.2) is 5.78 Å². The minimum atomic E-state index is -0.263. The molecule has 1 unspecified atom stereocenters. The number of amides is 1. The highest BCUT2D eigenvalue weighted by Gasteiger charge is 2.09. The average Bonchev–Trinajstić information content (AvgIpc) is 2.65. The Labute approximate surface area is 156 Å². The SMILES string of the molecule is [B]/C=C/CNC(=O)COC(C)COc1cccc(C(=O)CCCNC)c1. The van der Waals surface area contributed by atoms with E-state index in [9.17, 15) is 9.59 Å². The van der Waals surface area contributed by atoms with E-state index < -0.39 is 0 Å². The van der Waals surface area contributed by atoms with Crippen molar-refractivity contribution < 1.29 is 19.1 Å². The summed E-state index contributed by atoms with van der Waals surface area (Å²) in [5, 5.41) is 5.66. The summed E-state index contributed by atoms with van der Waals surface area (Å²) in [5.74, 6) is 1.86. The summed E-state index contributed by atoms with van der Waals surface area (Å²) in [7, 11) is 7.05. The quantitative estimate of drug-likeness (QED) is 0.317. The molecule has 1 aromatic rings. The molecule has 6 nitrogen and oxygen atoms in total. The van der Waals surface area contributed by atoms with Gasteiger partial charge in [0.25, 0.3) is 0 Å². The highest BCUT2D eigenvalue weighted by Crippen LogP contribution is 2.16. The Morgan fingerprint density at radius 3 is 2.88 bits per heavy atom. The van der Waals surface area contributed by atoms with Gasteiger partial charge in [-0.25, -0.2) is 0 Å². The summed E-state index contributed by atoms with van der Waals surface area (Å²) in [5.41, 5.74) is 0.638. The maximum Gasteiger partial charge on any atom is 0.246 e. The first kappa shape index (κ1) is 21.9. The van der Waals surface area contributed by atoms with Crippen LogP contribution in [0.15, 0.2) is 36.3 Å². The summed E-state index contributed by atoms with van der Waals surface area (Å²) in [6, 6.07) is 7.11. The van der Waals surface area contributed by atoms with Crippen LogP contribution in [0.25, 0.3) is 0 Å². The molecule has 140 valence electrons. The van der Waals surface area contributed by atoms with Gasteiger partial charge in [0.2, 0.25) is 5.91 Å². The third-order valence-electron chi connectivity index (χ3n) is 3.52. The van der Waals surface area contributed by atoms with E-state index in [-0.39, 0.29) is 31.0 Å². The second-order valence-electron chi connectivity index (χ2n) is 5.82. The first-order valence-electron chi connectivity index (χ1n) is 8.72. The monoisotopic (exact) mass is 358 g/mol. The Morgan fingerprint density at radius 1 is 1.35 bits per heavy atom. The molecule has 0 aliphatic carbocycles. The Hall–Kier alpha value is -2.12. The summed E-state index contributed by atoms with van der Waals surface area (Å²) in [4.78, 5) is 23.7. The molecule has 2 radical (unpaired) electrons. The third kappa shape index (κ3) is 9.39. The molecule has 2 N–H and O–H groups in total. The number of carbonyl (C=O) groups is 2. The zero-order chi connectivity index (χ0) is 19.2. The van der Waals surface area contributed by atoms with Crippen molar-refractivity contribution in [3.8, 4) is 5.75 Å². The molecule has 0 heterocycles. The van der Waals surface area contributed by atoms with Crippen molar-refractivity contribution in [2.75, 3.05) is 33.4 Å². The number of ether oxygens (including phenoxy) is 2. The lowest BCUT2D eigenvalue weighted by Gasteiger charge is -2.14. The smallest absolute Gasteiger partial charge is 0.246 e. The fraction of sp³-hybridized carbons (Fsp3) is 0.474. The van der Waals surface area contributed by atoms with Crippen molar-refractivity contribution in [2.24, 2.45) is 0 Å². The van der Waals surface area contributed by atoms with Gasteiger partial charge in [0.1, 0.15) is 26.8 Å². The molecule has 7 heteroatoms. The zero-order valence-electron chi connectivity index (χ0n) is 15.5. The molecule has 1 rings (SSSR count). The van der Waals surface area contributed by atoms with Gasteiger partial charge in [0, 0.05) is 18.5 Å². The molecule has 1 aromatic carbocycles. The van der Waals surface area contributed by atoms with Gasteiger partial charge >= 0.3 is 0 Å². The molecule has 0 spiro atoms. The minimum absolute atomic E-state index is 0.0487. The largest absolute Gasteiger partial charge is 0.491 e. The minimum Gasteiger partial charge on any atom is -0.491 e. The van der Waals surface area contributed by atoms with Crippen molar-refractivity contribution in [3.05, 3.63) is 41.9 Å². The molecule has 26 heavy (non-hydrogen) atoms. The van der Waals surface area contributed by atoms with Crippen LogP contribution in [0.1, 0.15) is 30.1 Å². The fourth-order valence-corrected chi connectivity index (χ4v) is 2.10. The first-order chi connectivity index (χ1) is 12.6. The molecule has 0 aliphatic rings. The molecular weight excluding hydrogens is 331 g/mol. The number of rotatable bonds is 13. The van der Waals surface area contributed by atoms with E-state index in [1.165, 1.54) is 5.98 Å². The Balaban J connectivity index is 2.36. The topological polar surface area (TPSA) is 76.7 Å². The molecule has 1 amide bonds. The lowest BCUT2D eigenvalue weighted by Crippen LogP contribution is -2.30. The van der Waals surface area contributed by atoms with Crippen molar-refractivity contribution in [3.63, 3.8) is 0 Å². The van der Waals surface area contributed by atoms with E-state index in [0.29, 0.717) is 24.3 Å². The number of hydrogen-bond donors (Lipinski definition) is 2. The van der Waals surface area contributed by atoms with Gasteiger partial charge in [-0.15, -0.1) is 5.98 Å². The lowest BCUT2D eigenvalue weighted by molar-refractivity contribution is -0.127. The van der Waals surface area contributed by atoms with Gasteiger partial charge in [-0.1, -0.05) is 18.2 Å². The molecule has 0 fully saturated rings. The average molecular weight is 358 g/mol. The summed E-state index contributed by atoms with van der Waals surface area (Å²) in [6.45, 7) is 3.24. The van der Waals surface area contributed by atoms with E-state index >= 15 is 0 Å². The van der Waals surface area contributed by atoms with Crippen molar-refractivity contribution in [1.82, 2.24) is 10.6 Å².